The standard InChI is InChI=1S/C28H24N4O4/c1-33-25-21-17-13-9-5-7-11-15(13)20(23(21)29-27(31-25)35-3)18-14-10-6-8-12-16(14)19(17)24-22(18)26(34-2)32-28(30-24)36-4/h5-12,17-20H,1-4H3. The summed E-state index contributed by atoms with van der Waals surface area (Å²) in [4.78, 5) is 19.1. The highest BCUT2D eigenvalue weighted by atomic mass is 16.5. The first-order valence-electron chi connectivity index (χ1n) is 11.9. The molecular formula is C28H24N4O4. The molecule has 180 valence electrons. The first-order chi connectivity index (χ1) is 17.7. The van der Waals surface area contributed by atoms with Crippen LogP contribution in [0.3, 0.4) is 0 Å². The van der Waals surface area contributed by atoms with Crippen molar-refractivity contribution < 1.29 is 18.9 Å². The molecule has 2 aromatic carbocycles. The lowest BCUT2D eigenvalue weighted by Gasteiger charge is -2.48. The lowest BCUT2D eigenvalue weighted by molar-refractivity contribution is 0.328. The van der Waals surface area contributed by atoms with Crippen molar-refractivity contribution in [3.63, 3.8) is 0 Å². The summed E-state index contributed by atoms with van der Waals surface area (Å²) in [7, 11) is 6.45. The summed E-state index contributed by atoms with van der Waals surface area (Å²) in [5, 5.41) is 0. The van der Waals surface area contributed by atoms with Crippen LogP contribution in [0.1, 0.15) is 68.4 Å². The normalized spacial score (nSPS) is 21.9. The van der Waals surface area contributed by atoms with Crippen molar-refractivity contribution in [3.05, 3.63) is 93.3 Å². The van der Waals surface area contributed by atoms with E-state index < -0.39 is 0 Å². The van der Waals surface area contributed by atoms with Gasteiger partial charge in [0.05, 0.1) is 39.8 Å². The van der Waals surface area contributed by atoms with Crippen LogP contribution in [-0.4, -0.2) is 48.4 Å². The third kappa shape index (κ3) is 2.58. The predicted molar refractivity (Wildman–Crippen MR) is 131 cm³/mol. The van der Waals surface area contributed by atoms with Crippen molar-refractivity contribution in [3.8, 4) is 23.8 Å². The van der Waals surface area contributed by atoms with Crippen LogP contribution in [0.5, 0.6) is 23.8 Å². The van der Waals surface area contributed by atoms with Crippen molar-refractivity contribution in [1.82, 2.24) is 19.9 Å². The molecule has 4 unspecified atom stereocenters. The number of ether oxygens (including phenoxy) is 4. The van der Waals surface area contributed by atoms with E-state index in [1.54, 1.807) is 28.4 Å². The molecule has 0 spiro atoms. The zero-order valence-electron chi connectivity index (χ0n) is 20.4. The molecule has 8 heteroatoms. The molecule has 0 saturated heterocycles. The Morgan fingerprint density at radius 1 is 0.472 bits per heavy atom. The Balaban J connectivity index is 1.68. The Morgan fingerprint density at radius 2 is 0.833 bits per heavy atom. The maximum Gasteiger partial charge on any atom is 0.319 e. The number of nitrogens with zero attached hydrogens (tertiary/aromatic N) is 4. The molecule has 0 aliphatic heterocycles. The van der Waals surface area contributed by atoms with Gasteiger partial charge in [-0.2, -0.15) is 19.9 Å². The molecule has 10 rings (SSSR count). The van der Waals surface area contributed by atoms with E-state index in [0.29, 0.717) is 11.8 Å². The smallest absolute Gasteiger partial charge is 0.319 e. The minimum atomic E-state index is -0.148. The van der Waals surface area contributed by atoms with Crippen molar-refractivity contribution >= 4 is 0 Å². The Hall–Kier alpha value is -4.20. The minimum Gasteiger partial charge on any atom is -0.481 e. The summed E-state index contributed by atoms with van der Waals surface area (Å²) in [5.74, 6) is 0.481. The van der Waals surface area contributed by atoms with Gasteiger partial charge in [-0.1, -0.05) is 48.5 Å². The molecule has 0 saturated carbocycles. The highest BCUT2D eigenvalue weighted by Crippen LogP contribution is 2.65. The average Bonchev–Trinajstić information content (AvgIpc) is 2.92. The first-order valence-corrected chi connectivity index (χ1v) is 11.9. The van der Waals surface area contributed by atoms with Crippen LogP contribution in [-0.2, 0) is 0 Å². The van der Waals surface area contributed by atoms with Crippen LogP contribution in [0.25, 0.3) is 0 Å². The van der Waals surface area contributed by atoms with E-state index in [-0.39, 0.29) is 35.7 Å². The Morgan fingerprint density at radius 3 is 1.17 bits per heavy atom. The maximum absolute atomic E-state index is 5.88. The van der Waals surface area contributed by atoms with Gasteiger partial charge in [0.1, 0.15) is 0 Å². The van der Waals surface area contributed by atoms with Crippen molar-refractivity contribution in [2.75, 3.05) is 28.4 Å². The second kappa shape index (κ2) is 7.65. The number of hydrogen-bond acceptors (Lipinski definition) is 8. The fourth-order valence-corrected chi connectivity index (χ4v) is 6.57. The molecule has 6 aliphatic rings. The zero-order chi connectivity index (χ0) is 24.6. The summed E-state index contributed by atoms with van der Waals surface area (Å²) in [5.41, 5.74) is 8.70. The van der Waals surface area contributed by atoms with Gasteiger partial charge in [0, 0.05) is 34.8 Å². The Labute approximate surface area is 208 Å². The van der Waals surface area contributed by atoms with Gasteiger partial charge in [-0.05, 0) is 22.3 Å². The lowest BCUT2D eigenvalue weighted by Crippen LogP contribution is -2.37. The average molecular weight is 481 g/mol. The van der Waals surface area contributed by atoms with Gasteiger partial charge >= 0.3 is 12.0 Å². The molecule has 6 aliphatic carbocycles. The van der Waals surface area contributed by atoms with Crippen LogP contribution in [0.15, 0.2) is 48.5 Å². The minimum absolute atomic E-state index is 0.140. The molecule has 8 nitrogen and oxygen atoms in total. The fraction of sp³-hybridized carbons (Fsp3) is 0.286. The molecule has 0 radical (unpaired) electrons. The van der Waals surface area contributed by atoms with Crippen LogP contribution >= 0.6 is 0 Å². The van der Waals surface area contributed by atoms with Crippen LogP contribution < -0.4 is 18.9 Å². The number of rotatable bonds is 4. The molecule has 2 aromatic heterocycles. The Bertz CT molecular complexity index is 1420. The van der Waals surface area contributed by atoms with Crippen molar-refractivity contribution in [2.45, 2.75) is 23.7 Å². The number of aromatic nitrogens is 4. The molecule has 0 N–H and O–H groups in total. The molecule has 0 fully saturated rings. The topological polar surface area (TPSA) is 88.5 Å². The van der Waals surface area contributed by atoms with Crippen molar-refractivity contribution in [2.24, 2.45) is 0 Å². The zero-order valence-corrected chi connectivity index (χ0v) is 20.4. The summed E-state index contributed by atoms with van der Waals surface area (Å²) in [6.07, 6.45) is 0. The summed E-state index contributed by atoms with van der Waals surface area (Å²) >= 11 is 0. The van der Waals surface area contributed by atoms with Gasteiger partial charge in [0.25, 0.3) is 0 Å². The third-order valence-corrected chi connectivity index (χ3v) is 7.80. The molecule has 4 bridgehead atoms. The largest absolute Gasteiger partial charge is 0.481 e. The van der Waals surface area contributed by atoms with Gasteiger partial charge in [0.15, 0.2) is 0 Å². The molecule has 4 aromatic rings. The molecule has 36 heavy (non-hydrogen) atoms. The van der Waals surface area contributed by atoms with E-state index in [0.717, 1.165) is 22.5 Å². The summed E-state index contributed by atoms with van der Waals surface area (Å²) < 4.78 is 22.8. The summed E-state index contributed by atoms with van der Waals surface area (Å²) in [6.45, 7) is 0. The van der Waals surface area contributed by atoms with Gasteiger partial charge in [0.2, 0.25) is 11.8 Å². The number of benzene rings is 2. The van der Waals surface area contributed by atoms with E-state index in [1.165, 1.54) is 22.3 Å². The highest BCUT2D eigenvalue weighted by molar-refractivity contribution is 5.68. The first kappa shape index (κ1) is 21.1. The highest BCUT2D eigenvalue weighted by Gasteiger charge is 2.54. The van der Waals surface area contributed by atoms with E-state index in [2.05, 4.69) is 58.5 Å². The number of hydrogen-bond donors (Lipinski definition) is 0. The van der Waals surface area contributed by atoms with Gasteiger partial charge in [-0.25, -0.2) is 0 Å². The predicted octanol–water partition coefficient (Wildman–Crippen LogP) is 4.17. The summed E-state index contributed by atoms with van der Waals surface area (Å²) in [6, 6.07) is 17.8. The van der Waals surface area contributed by atoms with E-state index in [1.807, 2.05) is 0 Å². The molecular weight excluding hydrogens is 456 g/mol. The fourth-order valence-electron chi connectivity index (χ4n) is 6.57. The van der Waals surface area contributed by atoms with Gasteiger partial charge in [-0.15, -0.1) is 0 Å². The molecule has 4 atom stereocenters. The third-order valence-electron chi connectivity index (χ3n) is 7.80. The Kier molecular flexibility index (Phi) is 4.49. The van der Waals surface area contributed by atoms with Crippen LogP contribution in [0, 0.1) is 0 Å². The van der Waals surface area contributed by atoms with Gasteiger partial charge < -0.3 is 18.9 Å². The molecule has 0 amide bonds. The maximum atomic E-state index is 5.88. The number of methoxy groups -OCH3 is 4. The van der Waals surface area contributed by atoms with Gasteiger partial charge in [-0.3, -0.25) is 0 Å². The van der Waals surface area contributed by atoms with E-state index >= 15 is 0 Å². The SMILES string of the molecule is COc1nc(OC)c2c(n1)C1c3ccccc3C2C2c3ccccc3C1c1c(OC)nc(OC)nc12. The van der Waals surface area contributed by atoms with Crippen LogP contribution in [0.2, 0.25) is 0 Å². The quantitative estimate of drug-likeness (QED) is 0.430. The monoisotopic (exact) mass is 480 g/mol. The van der Waals surface area contributed by atoms with E-state index in [4.69, 9.17) is 28.9 Å². The van der Waals surface area contributed by atoms with Crippen molar-refractivity contribution in [1.29, 1.82) is 0 Å². The second-order valence-electron chi connectivity index (χ2n) is 9.21. The van der Waals surface area contributed by atoms with Crippen LogP contribution in [0.4, 0.5) is 0 Å². The molecule has 2 heterocycles. The van der Waals surface area contributed by atoms with E-state index in [9.17, 15) is 0 Å². The lowest BCUT2D eigenvalue weighted by atomic mass is 9.55. The second-order valence-corrected chi connectivity index (χ2v) is 9.21.